The predicted octanol–water partition coefficient (Wildman–Crippen LogP) is 6.01. The molecule has 0 N–H and O–H groups in total. The van der Waals surface area contributed by atoms with Crippen LogP contribution in [0, 0.1) is 0 Å². The molecule has 0 radical (unpaired) electrons. The minimum atomic E-state index is -2.06. The van der Waals surface area contributed by atoms with Crippen molar-refractivity contribution < 1.29 is 13.9 Å². The summed E-state index contributed by atoms with van der Waals surface area (Å²) >= 11 is 23.1. The van der Waals surface area contributed by atoms with Crippen molar-refractivity contribution in [1.29, 1.82) is 0 Å². The third kappa shape index (κ3) is 4.60. The maximum absolute atomic E-state index is 13.7. The molecule has 0 amide bonds. The van der Waals surface area contributed by atoms with E-state index in [2.05, 4.69) is 0 Å². The van der Waals surface area contributed by atoms with Gasteiger partial charge in [-0.05, 0) is 36.4 Å². The minimum Gasteiger partial charge on any atom is -0.429 e. The molecule has 2 aromatic rings. The highest BCUT2D eigenvalue weighted by Gasteiger charge is 2.12. The van der Waals surface area contributed by atoms with E-state index in [0.717, 1.165) is 0 Å². The van der Waals surface area contributed by atoms with Gasteiger partial charge in [0.25, 0.3) is 0 Å². The van der Waals surface area contributed by atoms with Gasteiger partial charge in [-0.3, -0.25) is 0 Å². The summed E-state index contributed by atoms with van der Waals surface area (Å²) in [6.07, 6.45) is 0. The topological polar surface area (TPSA) is 18.5 Å². The van der Waals surface area contributed by atoms with Crippen LogP contribution in [-0.4, -0.2) is 6.54 Å². The Hall–Kier alpha value is -0.870. The van der Waals surface area contributed by atoms with Gasteiger partial charge < -0.3 is 9.47 Å². The fraction of sp³-hybridized carbons (Fsp3) is 0.0769. The molecule has 0 spiro atoms. The van der Waals surface area contributed by atoms with Gasteiger partial charge in [-0.15, -0.1) is 0 Å². The molecule has 0 saturated carbocycles. The summed E-state index contributed by atoms with van der Waals surface area (Å²) in [7, 11) is 0. The van der Waals surface area contributed by atoms with Gasteiger partial charge >= 0.3 is 6.54 Å². The van der Waals surface area contributed by atoms with Crippen LogP contribution in [0.4, 0.5) is 4.39 Å². The highest BCUT2D eigenvalue weighted by Crippen LogP contribution is 2.28. The van der Waals surface area contributed by atoms with Crippen LogP contribution in [0.1, 0.15) is 0 Å². The van der Waals surface area contributed by atoms with Gasteiger partial charge in [-0.25, -0.2) is 0 Å². The first-order chi connectivity index (χ1) is 9.42. The molecule has 106 valence electrons. The van der Waals surface area contributed by atoms with Gasteiger partial charge in [0, 0.05) is 20.1 Å². The largest absolute Gasteiger partial charge is 0.429 e. The summed E-state index contributed by atoms with van der Waals surface area (Å²) < 4.78 is 23.5. The van der Waals surface area contributed by atoms with Crippen molar-refractivity contribution in [2.24, 2.45) is 0 Å². The zero-order valence-corrected chi connectivity index (χ0v) is 12.8. The van der Waals surface area contributed by atoms with Gasteiger partial charge in [0.2, 0.25) is 0 Å². The number of halogens is 5. The highest BCUT2D eigenvalue weighted by molar-refractivity contribution is 6.35. The first-order valence-electron chi connectivity index (χ1n) is 5.32. The summed E-state index contributed by atoms with van der Waals surface area (Å²) in [4.78, 5) is 0. The van der Waals surface area contributed by atoms with Gasteiger partial charge in [-0.2, -0.15) is 4.39 Å². The lowest BCUT2D eigenvalue weighted by molar-refractivity contribution is -0.0980. The number of hydrogen-bond donors (Lipinski definition) is 0. The molecule has 2 nitrogen and oxygen atoms in total. The summed E-state index contributed by atoms with van der Waals surface area (Å²) in [6.45, 7) is -2.06. The molecule has 0 atom stereocenters. The number of ether oxygens (including phenoxy) is 2. The number of hydrogen-bond acceptors (Lipinski definition) is 2. The number of alkyl halides is 1. The lowest BCUT2D eigenvalue weighted by atomic mass is 10.3. The molecule has 0 bridgehead atoms. The minimum absolute atomic E-state index is 0.142. The molecule has 2 aromatic carbocycles. The molecule has 0 aliphatic carbocycles. The summed E-state index contributed by atoms with van der Waals surface area (Å²) in [5, 5.41) is 1.30. The third-order valence-electron chi connectivity index (χ3n) is 2.13. The normalized spacial score (nSPS) is 10.7. The number of benzene rings is 2. The van der Waals surface area contributed by atoms with Crippen LogP contribution in [0.3, 0.4) is 0 Å². The van der Waals surface area contributed by atoms with Gasteiger partial charge in [0.15, 0.2) is 0 Å². The average Bonchev–Trinajstić information content (AvgIpc) is 2.24. The van der Waals surface area contributed by atoms with E-state index in [1.807, 2.05) is 0 Å². The second kappa shape index (κ2) is 6.72. The number of rotatable bonds is 4. The van der Waals surface area contributed by atoms with E-state index in [1.165, 1.54) is 36.4 Å². The molecular weight excluding hydrogens is 349 g/mol. The van der Waals surface area contributed by atoms with Crippen molar-refractivity contribution in [3.63, 3.8) is 0 Å². The fourth-order valence-electron chi connectivity index (χ4n) is 1.43. The lowest BCUT2D eigenvalue weighted by Crippen LogP contribution is -2.18. The van der Waals surface area contributed by atoms with E-state index >= 15 is 0 Å². The van der Waals surface area contributed by atoms with Crippen LogP contribution in [0.15, 0.2) is 36.4 Å². The van der Waals surface area contributed by atoms with Crippen LogP contribution in [-0.2, 0) is 0 Å². The van der Waals surface area contributed by atoms with E-state index in [4.69, 9.17) is 55.9 Å². The van der Waals surface area contributed by atoms with E-state index in [1.54, 1.807) is 0 Å². The van der Waals surface area contributed by atoms with E-state index in [-0.39, 0.29) is 11.5 Å². The maximum Gasteiger partial charge on any atom is 0.396 e. The highest BCUT2D eigenvalue weighted by atomic mass is 35.5. The lowest BCUT2D eigenvalue weighted by Gasteiger charge is -2.14. The van der Waals surface area contributed by atoms with Crippen LogP contribution < -0.4 is 9.47 Å². The van der Waals surface area contributed by atoms with Crippen LogP contribution in [0.25, 0.3) is 0 Å². The molecule has 0 unspecified atom stereocenters. The van der Waals surface area contributed by atoms with E-state index < -0.39 is 6.54 Å². The predicted molar refractivity (Wildman–Crippen MR) is 79.1 cm³/mol. The fourth-order valence-corrected chi connectivity index (χ4v) is 2.44. The molecular formula is C13H7Cl4FO2. The van der Waals surface area contributed by atoms with Crippen molar-refractivity contribution in [2.75, 3.05) is 0 Å². The van der Waals surface area contributed by atoms with Crippen molar-refractivity contribution in [2.45, 2.75) is 6.54 Å². The Balaban J connectivity index is 2.06. The zero-order chi connectivity index (χ0) is 14.7. The standard InChI is InChI=1S/C13H7Cl4FO2/c14-7-1-8(15)4-11(3-7)19-13(18)20-12-5-9(16)2-10(17)6-12/h1-6,13H. The molecule has 0 heterocycles. The summed E-state index contributed by atoms with van der Waals surface area (Å²) in [6, 6.07) is 8.65. The second-order valence-corrected chi connectivity index (χ2v) is 5.47. The van der Waals surface area contributed by atoms with Crippen molar-refractivity contribution in [3.05, 3.63) is 56.5 Å². The molecule has 0 saturated heterocycles. The SMILES string of the molecule is FC(Oc1cc(Cl)cc(Cl)c1)Oc1cc(Cl)cc(Cl)c1. The molecule has 20 heavy (non-hydrogen) atoms. The third-order valence-corrected chi connectivity index (χ3v) is 3.00. The smallest absolute Gasteiger partial charge is 0.396 e. The van der Waals surface area contributed by atoms with E-state index in [9.17, 15) is 4.39 Å². The average molecular weight is 356 g/mol. The Morgan fingerprint density at radius 3 is 1.25 bits per heavy atom. The van der Waals surface area contributed by atoms with E-state index in [0.29, 0.717) is 20.1 Å². The van der Waals surface area contributed by atoms with Crippen LogP contribution in [0.5, 0.6) is 11.5 Å². The van der Waals surface area contributed by atoms with Gasteiger partial charge in [0.1, 0.15) is 11.5 Å². The van der Waals surface area contributed by atoms with Crippen molar-refractivity contribution in [1.82, 2.24) is 0 Å². The van der Waals surface area contributed by atoms with Crippen LogP contribution >= 0.6 is 46.4 Å². The van der Waals surface area contributed by atoms with Crippen LogP contribution in [0.2, 0.25) is 20.1 Å². The Bertz CT molecular complexity index is 527. The summed E-state index contributed by atoms with van der Waals surface area (Å²) in [5.41, 5.74) is 0. The first kappa shape index (κ1) is 15.5. The zero-order valence-electron chi connectivity index (χ0n) is 9.75. The van der Waals surface area contributed by atoms with Gasteiger partial charge in [0.05, 0.1) is 0 Å². The molecule has 2 rings (SSSR count). The summed E-state index contributed by atoms with van der Waals surface area (Å²) in [5.74, 6) is 0.284. The van der Waals surface area contributed by atoms with Gasteiger partial charge in [-0.1, -0.05) is 46.4 Å². The maximum atomic E-state index is 13.7. The molecule has 0 aliphatic heterocycles. The molecule has 0 aliphatic rings. The first-order valence-corrected chi connectivity index (χ1v) is 6.83. The Morgan fingerprint density at radius 1 is 0.650 bits per heavy atom. The Morgan fingerprint density at radius 2 is 0.950 bits per heavy atom. The van der Waals surface area contributed by atoms with Crippen molar-refractivity contribution in [3.8, 4) is 11.5 Å². The monoisotopic (exact) mass is 354 g/mol. The Labute approximate surface area is 134 Å². The molecule has 7 heteroatoms. The quantitative estimate of drug-likeness (QED) is 0.625. The molecule has 0 aromatic heterocycles. The van der Waals surface area contributed by atoms with Crippen molar-refractivity contribution >= 4 is 46.4 Å². The second-order valence-electron chi connectivity index (χ2n) is 3.72. The Kier molecular flexibility index (Phi) is 5.22. The molecule has 0 fully saturated rings.